The van der Waals surface area contributed by atoms with E-state index in [9.17, 15) is 0 Å². The summed E-state index contributed by atoms with van der Waals surface area (Å²) >= 11 is 0. The molecule has 2 atom stereocenters. The first-order valence-corrected chi connectivity index (χ1v) is 23.2. The smallest absolute Gasteiger partial charge is 0.367 e. The van der Waals surface area contributed by atoms with Crippen LogP contribution in [0.2, 0.25) is 0 Å². The number of benzene rings is 3. The topological polar surface area (TPSA) is 55.4 Å². The molecule has 48 heavy (non-hydrogen) atoms. The molecule has 0 aliphatic carbocycles. The average molecular weight is 723 g/mol. The van der Waals surface area contributed by atoms with Crippen molar-refractivity contribution >= 4 is 79.9 Å². The first-order valence-electron chi connectivity index (χ1n) is 16.9. The molecule has 0 heterocycles. The van der Waals surface area contributed by atoms with E-state index in [-0.39, 0.29) is 36.6 Å². The molecular formula is C36H54B2O6P2Si2. The summed E-state index contributed by atoms with van der Waals surface area (Å²) in [5, 5.41) is 6.11. The van der Waals surface area contributed by atoms with Crippen LogP contribution in [0.15, 0.2) is 72.8 Å². The lowest BCUT2D eigenvalue weighted by Crippen LogP contribution is -2.60. The van der Waals surface area contributed by atoms with Gasteiger partial charge in [-0.25, -0.2) is 0 Å². The maximum absolute atomic E-state index is 6.84. The van der Waals surface area contributed by atoms with Gasteiger partial charge in [0.25, 0.3) is 0 Å². The van der Waals surface area contributed by atoms with Crippen molar-refractivity contribution in [2.24, 2.45) is 0 Å². The minimum Gasteiger partial charge on any atom is -0.367 e. The fourth-order valence-corrected chi connectivity index (χ4v) is 13.7. The van der Waals surface area contributed by atoms with Gasteiger partial charge < -0.3 is 26.6 Å². The Kier molecular flexibility index (Phi) is 15.8. The highest BCUT2D eigenvalue weighted by molar-refractivity contribution is 7.94. The zero-order valence-corrected chi connectivity index (χ0v) is 34.7. The fourth-order valence-electron chi connectivity index (χ4n) is 5.16. The first-order chi connectivity index (χ1) is 22.5. The van der Waals surface area contributed by atoms with E-state index in [2.05, 4.69) is 72.8 Å². The molecule has 2 unspecified atom stereocenters. The predicted octanol–water partition coefficient (Wildman–Crippen LogP) is 5.56. The Morgan fingerprint density at radius 3 is 0.688 bits per heavy atom. The normalized spacial score (nSPS) is 14.2. The Morgan fingerprint density at radius 2 is 0.521 bits per heavy atom. The van der Waals surface area contributed by atoms with E-state index < -0.39 is 33.2 Å². The van der Waals surface area contributed by atoms with Gasteiger partial charge in [-0.3, -0.25) is 0 Å². The van der Waals surface area contributed by atoms with Crippen molar-refractivity contribution in [3.05, 3.63) is 72.8 Å². The molecule has 3 aromatic rings. The number of hydrogen-bond acceptors (Lipinski definition) is 6. The van der Waals surface area contributed by atoms with Crippen LogP contribution in [-0.2, 0) is 26.6 Å². The van der Waals surface area contributed by atoms with Crippen LogP contribution in [0.4, 0.5) is 0 Å². The molecule has 3 aromatic carbocycles. The van der Waals surface area contributed by atoms with Gasteiger partial charge in [0.05, 0.1) is 0 Å². The molecule has 0 spiro atoms. The fraction of sp³-hybridized carbons (Fsp3) is 0.500. The van der Waals surface area contributed by atoms with Gasteiger partial charge in [-0.2, -0.15) is 0 Å². The molecule has 6 nitrogen and oxygen atoms in total. The van der Waals surface area contributed by atoms with Gasteiger partial charge >= 0.3 is 17.6 Å². The molecule has 0 aromatic heterocycles. The Bertz CT molecular complexity index is 1230. The summed E-state index contributed by atoms with van der Waals surface area (Å²) in [7, 11) is 5.23. The van der Waals surface area contributed by atoms with Crippen LogP contribution >= 0.6 is 15.6 Å². The summed E-state index contributed by atoms with van der Waals surface area (Å²) in [6.45, 7) is 24.1. The highest BCUT2D eigenvalue weighted by Crippen LogP contribution is 2.31. The van der Waals surface area contributed by atoms with Crippen LogP contribution < -0.4 is 31.6 Å². The van der Waals surface area contributed by atoms with Crippen LogP contribution in [0.25, 0.3) is 0 Å². The van der Waals surface area contributed by atoms with Crippen molar-refractivity contribution in [3.8, 4) is 0 Å². The monoisotopic (exact) mass is 722 g/mol. The van der Waals surface area contributed by atoms with Gasteiger partial charge in [0.15, 0.2) is 0 Å². The second-order valence-corrected chi connectivity index (χ2v) is 21.8. The predicted molar refractivity (Wildman–Crippen MR) is 211 cm³/mol. The highest BCUT2D eigenvalue weighted by atomic mass is 31.1. The SMILES string of the molecule is [B]P(c1ccc(P([B])c2ccc([Si](OC(C)C)(OC(C)C)OC(C)C)cc2)cc1)c1ccc([Si](OC(C)C)(OC(C)C)OC(C)C)cc1. The van der Waals surface area contributed by atoms with Gasteiger partial charge in [0.2, 0.25) is 0 Å². The summed E-state index contributed by atoms with van der Waals surface area (Å²) in [6, 6.07) is 24.9. The lowest BCUT2D eigenvalue weighted by Gasteiger charge is -2.34. The second-order valence-electron chi connectivity index (χ2n) is 13.5. The van der Waals surface area contributed by atoms with Gasteiger partial charge in [0, 0.05) is 47.0 Å². The maximum atomic E-state index is 6.84. The third-order valence-corrected chi connectivity index (χ3v) is 16.9. The number of hydrogen-bond donors (Lipinski definition) is 0. The molecule has 0 saturated heterocycles. The Balaban J connectivity index is 1.83. The van der Waals surface area contributed by atoms with Crippen molar-refractivity contribution in [2.75, 3.05) is 0 Å². The van der Waals surface area contributed by atoms with Gasteiger partial charge in [-0.05, 0) is 104 Å². The van der Waals surface area contributed by atoms with Gasteiger partial charge in [0.1, 0.15) is 15.1 Å². The first kappa shape index (κ1) is 41.3. The van der Waals surface area contributed by atoms with Crippen molar-refractivity contribution in [1.29, 1.82) is 0 Å². The summed E-state index contributed by atoms with van der Waals surface area (Å²) in [4.78, 5) is 0. The van der Waals surface area contributed by atoms with E-state index in [1.54, 1.807) is 0 Å². The highest BCUT2D eigenvalue weighted by Gasteiger charge is 2.48. The molecule has 3 rings (SSSR count). The Labute approximate surface area is 298 Å². The Morgan fingerprint density at radius 1 is 0.354 bits per heavy atom. The van der Waals surface area contributed by atoms with Crippen molar-refractivity contribution in [2.45, 2.75) is 120 Å². The second kappa shape index (κ2) is 18.4. The van der Waals surface area contributed by atoms with Gasteiger partial charge in [-0.1, -0.05) is 88.4 Å². The maximum Gasteiger partial charge on any atom is 0.537 e. The van der Waals surface area contributed by atoms with E-state index in [4.69, 9.17) is 41.7 Å². The lowest BCUT2D eigenvalue weighted by molar-refractivity contribution is 0.0142. The molecule has 0 fully saturated rings. The largest absolute Gasteiger partial charge is 0.537 e. The van der Waals surface area contributed by atoms with E-state index in [0.717, 1.165) is 31.6 Å². The molecule has 0 amide bonds. The van der Waals surface area contributed by atoms with Crippen molar-refractivity contribution < 1.29 is 26.6 Å². The summed E-state index contributed by atoms with van der Waals surface area (Å²) in [5.74, 6) is 0. The molecule has 0 aliphatic heterocycles. The van der Waals surface area contributed by atoms with Gasteiger partial charge in [-0.15, -0.1) is 0 Å². The summed E-state index contributed by atoms with van der Waals surface area (Å²) < 4.78 is 38.5. The van der Waals surface area contributed by atoms with Crippen molar-refractivity contribution in [3.63, 3.8) is 0 Å². The third kappa shape index (κ3) is 11.4. The van der Waals surface area contributed by atoms with Crippen LogP contribution in [0.3, 0.4) is 0 Å². The Hall–Kier alpha value is -1.16. The third-order valence-electron chi connectivity index (χ3n) is 6.75. The van der Waals surface area contributed by atoms with Crippen LogP contribution in [0, 0.1) is 0 Å². The zero-order valence-electron chi connectivity index (χ0n) is 30.9. The van der Waals surface area contributed by atoms with Crippen LogP contribution in [0.5, 0.6) is 0 Å². The zero-order chi connectivity index (χ0) is 35.8. The lowest BCUT2D eigenvalue weighted by atomic mass is 10.3. The molecule has 258 valence electrons. The minimum absolute atomic E-state index is 0.0444. The molecule has 0 N–H and O–H groups in total. The molecule has 4 radical (unpaired) electrons. The van der Waals surface area contributed by atoms with Crippen LogP contribution in [0.1, 0.15) is 83.1 Å². The molecule has 12 heteroatoms. The average Bonchev–Trinajstić information content (AvgIpc) is 2.98. The number of rotatable bonds is 18. The van der Waals surface area contributed by atoms with Crippen molar-refractivity contribution in [1.82, 2.24) is 0 Å². The quantitative estimate of drug-likeness (QED) is 0.127. The van der Waals surface area contributed by atoms with E-state index in [0.29, 0.717) is 0 Å². The molecular weight excluding hydrogens is 668 g/mol. The standard InChI is InChI=1S/C36H54B2O6P2Si2/c1-25(2)39-47(40-26(3)4,41-27(5)6)35-21-17-33(18-22-35)45(37)31-13-15-32(16-14-31)46(38)34-19-23-36(24-20-34)48(42-28(7)8,43-29(9)10)44-30(11)12/h13-30H,1-12H3. The molecule has 0 saturated carbocycles. The van der Waals surface area contributed by atoms with E-state index in [1.165, 1.54) is 0 Å². The molecule has 0 aliphatic rings. The van der Waals surface area contributed by atoms with Crippen LogP contribution in [-0.4, -0.2) is 69.4 Å². The molecule has 0 bridgehead atoms. The van der Waals surface area contributed by atoms with E-state index in [1.807, 2.05) is 83.1 Å². The summed E-state index contributed by atoms with van der Waals surface area (Å²) in [6.07, 6.45) is -0.266. The summed E-state index contributed by atoms with van der Waals surface area (Å²) in [5.41, 5.74) is 0. The van der Waals surface area contributed by atoms with E-state index >= 15 is 0 Å². The minimum atomic E-state index is -3.15.